The summed E-state index contributed by atoms with van der Waals surface area (Å²) in [6.07, 6.45) is -4.62. The normalized spacial score (nSPS) is 14.4. The molecule has 0 radical (unpaired) electrons. The van der Waals surface area contributed by atoms with Crippen LogP contribution in [0.1, 0.15) is 20.3 Å². The Balaban J connectivity index is 4.37. The number of hydrogen-bond donors (Lipinski definition) is 3. The van der Waals surface area contributed by atoms with Gasteiger partial charge in [0.25, 0.3) is 0 Å². The van der Waals surface area contributed by atoms with Gasteiger partial charge in [-0.05, 0) is 5.92 Å². The second kappa shape index (κ2) is 6.95. The Morgan fingerprint density at radius 1 is 1.26 bits per heavy atom. The van der Waals surface area contributed by atoms with Gasteiger partial charge in [0.1, 0.15) is 6.04 Å². The van der Waals surface area contributed by atoms with Crippen molar-refractivity contribution in [1.29, 1.82) is 0 Å². The minimum Gasteiger partial charge on any atom is -0.480 e. The molecule has 0 aromatic heterocycles. The fraction of sp³-hybridized carbons (Fsp3) is 0.700. The molecule has 0 unspecified atom stereocenters. The van der Waals surface area contributed by atoms with Crippen molar-refractivity contribution in [2.45, 2.75) is 32.5 Å². The van der Waals surface area contributed by atoms with E-state index in [1.165, 1.54) is 5.32 Å². The lowest BCUT2D eigenvalue weighted by Crippen LogP contribution is -2.49. The van der Waals surface area contributed by atoms with Gasteiger partial charge in [-0.2, -0.15) is 13.2 Å². The third-order valence-corrected chi connectivity index (χ3v) is 2.46. The van der Waals surface area contributed by atoms with Crippen molar-refractivity contribution in [2.24, 2.45) is 5.92 Å². The second-order valence-electron chi connectivity index (χ2n) is 3.95. The number of nitrogens with one attached hydrogen (secondary N) is 2. The van der Waals surface area contributed by atoms with Gasteiger partial charge in [0.15, 0.2) is 0 Å². The number of hydrogen-bond acceptors (Lipinski definition) is 3. The molecule has 6 nitrogen and oxygen atoms in total. The highest BCUT2D eigenvalue weighted by atomic mass is 19.4. The van der Waals surface area contributed by atoms with Crippen LogP contribution in [0.4, 0.5) is 13.2 Å². The van der Waals surface area contributed by atoms with Crippen molar-refractivity contribution >= 4 is 17.8 Å². The Kier molecular flexibility index (Phi) is 6.30. The lowest BCUT2D eigenvalue weighted by atomic mass is 9.99. The van der Waals surface area contributed by atoms with Gasteiger partial charge in [-0.3, -0.25) is 9.59 Å². The first kappa shape index (κ1) is 17.2. The maximum Gasteiger partial charge on any atom is 0.471 e. The quantitative estimate of drug-likeness (QED) is 0.653. The van der Waals surface area contributed by atoms with E-state index in [0.29, 0.717) is 6.42 Å². The lowest BCUT2D eigenvalue weighted by molar-refractivity contribution is -0.173. The number of aliphatic carboxylic acids is 1. The molecule has 0 spiro atoms. The molecular weight excluding hydrogens is 269 g/mol. The molecule has 0 saturated heterocycles. The van der Waals surface area contributed by atoms with E-state index >= 15 is 0 Å². The van der Waals surface area contributed by atoms with E-state index < -0.39 is 36.5 Å². The molecule has 0 fully saturated rings. The SMILES string of the molecule is CC[C@H](C)[C@H](NC(=O)CNC(=O)C(F)(F)F)C(=O)O. The number of amides is 2. The van der Waals surface area contributed by atoms with Crippen LogP contribution in [-0.4, -0.2) is 41.7 Å². The zero-order chi connectivity index (χ0) is 15.2. The Morgan fingerprint density at radius 2 is 1.79 bits per heavy atom. The van der Waals surface area contributed by atoms with Crippen LogP contribution in [0.15, 0.2) is 0 Å². The van der Waals surface area contributed by atoms with Crippen molar-refractivity contribution in [1.82, 2.24) is 10.6 Å². The van der Waals surface area contributed by atoms with Crippen LogP contribution in [0.3, 0.4) is 0 Å². The van der Waals surface area contributed by atoms with Crippen LogP contribution >= 0.6 is 0 Å². The molecule has 2 atom stereocenters. The van der Waals surface area contributed by atoms with Crippen LogP contribution in [-0.2, 0) is 14.4 Å². The minimum atomic E-state index is -5.08. The number of carbonyl (C=O) groups excluding carboxylic acids is 2. The lowest BCUT2D eigenvalue weighted by Gasteiger charge is -2.20. The summed E-state index contributed by atoms with van der Waals surface area (Å²) in [7, 11) is 0. The van der Waals surface area contributed by atoms with Gasteiger partial charge in [0.05, 0.1) is 6.54 Å². The number of halogens is 3. The van der Waals surface area contributed by atoms with Gasteiger partial charge in [-0.25, -0.2) is 4.79 Å². The standard InChI is InChI=1S/C10H15F3N2O4/c1-3-5(2)7(8(17)18)15-6(16)4-14-9(19)10(11,12)13/h5,7H,3-4H2,1-2H3,(H,14,19)(H,15,16)(H,17,18)/t5-,7-/m0/s1. The number of carboxylic acid groups (broad SMARTS) is 1. The molecule has 0 aromatic rings. The predicted octanol–water partition coefficient (Wildman–Crippen LogP) is 0.280. The molecule has 0 aliphatic heterocycles. The predicted molar refractivity (Wildman–Crippen MR) is 58.1 cm³/mol. The molecular formula is C10H15F3N2O4. The number of alkyl halides is 3. The molecule has 0 aliphatic carbocycles. The van der Waals surface area contributed by atoms with Crippen molar-refractivity contribution in [3.8, 4) is 0 Å². The fourth-order valence-corrected chi connectivity index (χ4v) is 1.17. The Labute approximate surface area is 107 Å². The molecule has 2 amide bonds. The van der Waals surface area contributed by atoms with Crippen LogP contribution in [0.2, 0.25) is 0 Å². The van der Waals surface area contributed by atoms with Crippen LogP contribution < -0.4 is 10.6 Å². The summed E-state index contributed by atoms with van der Waals surface area (Å²) in [6.45, 7) is 2.35. The monoisotopic (exact) mass is 284 g/mol. The van der Waals surface area contributed by atoms with Crippen LogP contribution in [0.5, 0.6) is 0 Å². The molecule has 0 aliphatic rings. The largest absolute Gasteiger partial charge is 0.480 e. The average Bonchev–Trinajstić information content (AvgIpc) is 2.30. The van der Waals surface area contributed by atoms with Crippen molar-refractivity contribution in [3.63, 3.8) is 0 Å². The zero-order valence-corrected chi connectivity index (χ0v) is 10.4. The number of carbonyl (C=O) groups is 3. The third-order valence-electron chi connectivity index (χ3n) is 2.46. The Bertz CT molecular complexity index is 357. The zero-order valence-electron chi connectivity index (χ0n) is 10.4. The van der Waals surface area contributed by atoms with Gasteiger partial charge in [0, 0.05) is 0 Å². The summed E-state index contributed by atoms with van der Waals surface area (Å²) < 4.78 is 35.5. The molecule has 0 aromatic carbocycles. The van der Waals surface area contributed by atoms with Crippen molar-refractivity contribution < 1.29 is 32.7 Å². The maximum atomic E-state index is 11.8. The van der Waals surface area contributed by atoms with Crippen molar-refractivity contribution in [3.05, 3.63) is 0 Å². The number of carboxylic acids is 1. The van der Waals surface area contributed by atoms with Crippen LogP contribution in [0.25, 0.3) is 0 Å². The van der Waals surface area contributed by atoms with Gasteiger partial charge < -0.3 is 15.7 Å². The van der Waals surface area contributed by atoms with E-state index in [-0.39, 0.29) is 5.92 Å². The Morgan fingerprint density at radius 3 is 2.16 bits per heavy atom. The van der Waals surface area contributed by atoms with E-state index in [4.69, 9.17) is 5.11 Å². The third kappa shape index (κ3) is 6.07. The minimum absolute atomic E-state index is 0.389. The van der Waals surface area contributed by atoms with E-state index in [9.17, 15) is 27.6 Å². The topological polar surface area (TPSA) is 95.5 Å². The van der Waals surface area contributed by atoms with Gasteiger partial charge >= 0.3 is 18.1 Å². The first-order valence-corrected chi connectivity index (χ1v) is 5.46. The second-order valence-corrected chi connectivity index (χ2v) is 3.95. The molecule has 0 rings (SSSR count). The Hall–Kier alpha value is -1.80. The highest BCUT2D eigenvalue weighted by Crippen LogP contribution is 2.13. The summed E-state index contributed by atoms with van der Waals surface area (Å²) in [6, 6.07) is -1.21. The van der Waals surface area contributed by atoms with Gasteiger partial charge in [-0.1, -0.05) is 20.3 Å². The molecule has 0 heterocycles. The first-order chi connectivity index (χ1) is 8.59. The molecule has 19 heavy (non-hydrogen) atoms. The first-order valence-electron chi connectivity index (χ1n) is 5.46. The molecule has 0 bridgehead atoms. The summed E-state index contributed by atoms with van der Waals surface area (Å²) >= 11 is 0. The van der Waals surface area contributed by atoms with E-state index in [1.807, 2.05) is 0 Å². The summed E-state index contributed by atoms with van der Waals surface area (Å²) in [5, 5.41) is 12.3. The smallest absolute Gasteiger partial charge is 0.471 e. The average molecular weight is 284 g/mol. The number of rotatable bonds is 6. The van der Waals surface area contributed by atoms with E-state index in [1.54, 1.807) is 13.8 Å². The van der Waals surface area contributed by atoms with Crippen molar-refractivity contribution in [2.75, 3.05) is 6.54 Å². The van der Waals surface area contributed by atoms with Crippen LogP contribution in [0, 0.1) is 5.92 Å². The van der Waals surface area contributed by atoms with E-state index in [2.05, 4.69) is 5.32 Å². The molecule has 0 saturated carbocycles. The highest BCUT2D eigenvalue weighted by Gasteiger charge is 2.38. The highest BCUT2D eigenvalue weighted by molar-refractivity contribution is 5.89. The maximum absolute atomic E-state index is 11.8. The molecule has 110 valence electrons. The van der Waals surface area contributed by atoms with Gasteiger partial charge in [-0.15, -0.1) is 0 Å². The summed E-state index contributed by atoms with van der Waals surface area (Å²) in [4.78, 5) is 32.6. The molecule has 9 heteroatoms. The molecule has 3 N–H and O–H groups in total. The van der Waals surface area contributed by atoms with E-state index in [0.717, 1.165) is 0 Å². The fourth-order valence-electron chi connectivity index (χ4n) is 1.17. The summed E-state index contributed by atoms with van der Waals surface area (Å²) in [5.41, 5.74) is 0. The van der Waals surface area contributed by atoms with Gasteiger partial charge in [0.2, 0.25) is 5.91 Å². The summed E-state index contributed by atoms with van der Waals surface area (Å²) in [5.74, 6) is -4.92.